The number of halogens is 2. The number of carbonyl (C=O) groups excluding carboxylic acids is 1. The van der Waals surface area contributed by atoms with E-state index < -0.39 is 6.10 Å². The molecule has 0 radical (unpaired) electrons. The molecule has 146 valence electrons. The number of rotatable bonds is 6. The molecule has 0 aliphatic heterocycles. The van der Waals surface area contributed by atoms with Crippen molar-refractivity contribution >= 4 is 51.4 Å². The molecule has 7 heteroatoms. The first-order valence-corrected chi connectivity index (χ1v) is 9.57. The van der Waals surface area contributed by atoms with E-state index in [9.17, 15) is 4.79 Å². The van der Waals surface area contributed by atoms with E-state index >= 15 is 0 Å². The topological polar surface area (TPSA) is 51.7 Å². The summed E-state index contributed by atoms with van der Waals surface area (Å²) in [4.78, 5) is 18.1. The molecule has 0 spiro atoms. The number of pyridine rings is 1. The summed E-state index contributed by atoms with van der Waals surface area (Å²) in [6.45, 7) is 3.74. The molecule has 0 aliphatic carbocycles. The first-order chi connectivity index (χ1) is 13.4. The summed E-state index contributed by atoms with van der Waals surface area (Å²) in [6, 6.07) is 14.8. The predicted octanol–water partition coefficient (Wildman–Crippen LogP) is 5.64. The minimum absolute atomic E-state index is 0.323. The molecule has 2 aromatic carbocycles. The maximum atomic E-state index is 11.7. The van der Waals surface area contributed by atoms with Crippen molar-refractivity contribution in [2.24, 2.45) is 0 Å². The molecule has 0 N–H and O–H groups in total. The van der Waals surface area contributed by atoms with Crippen LogP contribution in [0.3, 0.4) is 0 Å². The number of hydrogen-bond acceptors (Lipinski definition) is 5. The second kappa shape index (κ2) is 8.67. The van der Waals surface area contributed by atoms with Crippen molar-refractivity contribution in [3.05, 3.63) is 58.7 Å². The highest BCUT2D eigenvalue weighted by Gasteiger charge is 2.16. The quantitative estimate of drug-likeness (QED) is 0.382. The van der Waals surface area contributed by atoms with Crippen molar-refractivity contribution in [3.8, 4) is 5.75 Å². The van der Waals surface area contributed by atoms with Gasteiger partial charge >= 0.3 is 5.97 Å². The predicted molar refractivity (Wildman–Crippen MR) is 113 cm³/mol. The van der Waals surface area contributed by atoms with Crippen molar-refractivity contribution in [2.75, 3.05) is 18.6 Å². The number of nitrogens with zero attached hydrogens (tertiary/aromatic N) is 2. The van der Waals surface area contributed by atoms with Gasteiger partial charge in [-0.05, 0) is 61.7 Å². The van der Waals surface area contributed by atoms with E-state index in [4.69, 9.17) is 32.7 Å². The highest BCUT2D eigenvalue weighted by Crippen LogP contribution is 2.31. The van der Waals surface area contributed by atoms with Gasteiger partial charge in [0.2, 0.25) is 0 Å². The highest BCUT2D eigenvalue weighted by atomic mass is 35.5. The van der Waals surface area contributed by atoms with Crippen LogP contribution in [0.4, 0.5) is 11.5 Å². The molecule has 1 aromatic heterocycles. The largest absolute Gasteiger partial charge is 0.479 e. The normalized spacial score (nSPS) is 11.9. The minimum atomic E-state index is -0.670. The highest BCUT2D eigenvalue weighted by molar-refractivity contribution is 6.36. The fourth-order valence-electron chi connectivity index (χ4n) is 2.73. The van der Waals surface area contributed by atoms with Crippen LogP contribution in [0.25, 0.3) is 10.8 Å². The first-order valence-electron chi connectivity index (χ1n) is 8.82. The van der Waals surface area contributed by atoms with Gasteiger partial charge in [-0.3, -0.25) is 0 Å². The lowest BCUT2D eigenvalue weighted by Crippen LogP contribution is -2.26. The Hall–Kier alpha value is -2.50. The molecule has 28 heavy (non-hydrogen) atoms. The number of esters is 1. The number of fused-ring (bicyclic) bond motifs is 1. The molecule has 0 aliphatic rings. The van der Waals surface area contributed by atoms with Crippen molar-refractivity contribution < 1.29 is 14.3 Å². The molecular weight excluding hydrogens is 399 g/mol. The lowest BCUT2D eigenvalue weighted by molar-refractivity contribution is -0.150. The Morgan fingerprint density at radius 1 is 1.14 bits per heavy atom. The minimum Gasteiger partial charge on any atom is -0.479 e. The van der Waals surface area contributed by atoms with Gasteiger partial charge < -0.3 is 14.4 Å². The fourth-order valence-corrected chi connectivity index (χ4v) is 3.15. The number of aromatic nitrogens is 1. The molecule has 0 bridgehead atoms. The summed E-state index contributed by atoms with van der Waals surface area (Å²) in [5, 5.41) is 2.77. The number of benzene rings is 2. The van der Waals surface area contributed by atoms with Gasteiger partial charge in [-0.1, -0.05) is 29.3 Å². The summed E-state index contributed by atoms with van der Waals surface area (Å²) in [5.41, 5.74) is 0.896. The van der Waals surface area contributed by atoms with Crippen molar-refractivity contribution in [3.63, 3.8) is 0 Å². The molecule has 0 saturated carbocycles. The second-order valence-electron chi connectivity index (χ2n) is 6.20. The van der Waals surface area contributed by atoms with Gasteiger partial charge in [-0.15, -0.1) is 0 Å². The number of ether oxygens (including phenoxy) is 2. The standard InChI is InChI=1S/C21H20Cl2N2O3/c1-4-27-21(26)13(2)28-17-9-7-16(8-10-17)25(3)19-11-14-5-6-15(22)12-18(14)20(23)24-19/h5-13H,4H2,1-3H3. The average Bonchev–Trinajstić information content (AvgIpc) is 2.68. The zero-order chi connectivity index (χ0) is 20.3. The van der Waals surface area contributed by atoms with E-state index in [-0.39, 0.29) is 5.97 Å². The Labute approximate surface area is 173 Å². The molecule has 0 saturated heterocycles. The maximum Gasteiger partial charge on any atom is 0.347 e. The van der Waals surface area contributed by atoms with Crippen LogP contribution in [0.1, 0.15) is 13.8 Å². The average molecular weight is 419 g/mol. The Morgan fingerprint density at radius 3 is 2.54 bits per heavy atom. The zero-order valence-corrected chi connectivity index (χ0v) is 17.3. The van der Waals surface area contributed by atoms with Gasteiger partial charge in [0, 0.05) is 23.1 Å². The van der Waals surface area contributed by atoms with Crippen LogP contribution in [0.15, 0.2) is 48.5 Å². The lowest BCUT2D eigenvalue weighted by Gasteiger charge is -2.20. The Balaban J connectivity index is 1.79. The molecule has 0 fully saturated rings. The van der Waals surface area contributed by atoms with E-state index in [0.717, 1.165) is 16.5 Å². The van der Waals surface area contributed by atoms with Crippen LogP contribution in [0, 0.1) is 0 Å². The van der Waals surface area contributed by atoms with Crippen LogP contribution < -0.4 is 9.64 Å². The van der Waals surface area contributed by atoms with Crippen LogP contribution in [-0.4, -0.2) is 30.7 Å². The van der Waals surface area contributed by atoms with E-state index in [1.165, 1.54) is 0 Å². The van der Waals surface area contributed by atoms with Gasteiger partial charge in [0.1, 0.15) is 16.7 Å². The maximum absolute atomic E-state index is 11.7. The molecule has 0 amide bonds. The molecule has 1 heterocycles. The van der Waals surface area contributed by atoms with E-state index in [2.05, 4.69) is 4.98 Å². The van der Waals surface area contributed by atoms with E-state index in [1.807, 2.05) is 42.3 Å². The third-order valence-corrected chi connectivity index (χ3v) is 4.76. The third-order valence-electron chi connectivity index (χ3n) is 4.23. The van der Waals surface area contributed by atoms with Gasteiger partial charge in [-0.2, -0.15) is 0 Å². The number of anilines is 2. The zero-order valence-electron chi connectivity index (χ0n) is 15.8. The fraction of sp³-hybridized carbons (Fsp3) is 0.238. The molecule has 3 aromatic rings. The molecule has 1 atom stereocenters. The van der Waals surface area contributed by atoms with Crippen LogP contribution in [0.5, 0.6) is 5.75 Å². The first kappa shape index (κ1) is 20.2. The monoisotopic (exact) mass is 418 g/mol. The molecule has 5 nitrogen and oxygen atoms in total. The van der Waals surface area contributed by atoms with Crippen molar-refractivity contribution in [1.82, 2.24) is 4.98 Å². The Kier molecular flexibility index (Phi) is 6.27. The van der Waals surface area contributed by atoms with Crippen molar-refractivity contribution in [2.45, 2.75) is 20.0 Å². The number of carbonyl (C=O) groups is 1. The third kappa shape index (κ3) is 4.49. The van der Waals surface area contributed by atoms with Gasteiger partial charge in [0.05, 0.1) is 6.61 Å². The smallest absolute Gasteiger partial charge is 0.347 e. The second-order valence-corrected chi connectivity index (χ2v) is 7.00. The summed E-state index contributed by atoms with van der Waals surface area (Å²) in [7, 11) is 1.90. The van der Waals surface area contributed by atoms with Crippen molar-refractivity contribution in [1.29, 1.82) is 0 Å². The summed E-state index contributed by atoms with van der Waals surface area (Å²) in [5.74, 6) is 0.893. The number of hydrogen-bond donors (Lipinski definition) is 0. The summed E-state index contributed by atoms with van der Waals surface area (Å²) >= 11 is 12.4. The van der Waals surface area contributed by atoms with Crippen LogP contribution in [0.2, 0.25) is 10.2 Å². The Bertz CT molecular complexity index is 993. The lowest BCUT2D eigenvalue weighted by atomic mass is 10.1. The van der Waals surface area contributed by atoms with Crippen LogP contribution >= 0.6 is 23.2 Å². The van der Waals surface area contributed by atoms with E-state index in [0.29, 0.717) is 28.3 Å². The summed E-state index contributed by atoms with van der Waals surface area (Å²) < 4.78 is 10.6. The summed E-state index contributed by atoms with van der Waals surface area (Å²) in [6.07, 6.45) is -0.670. The molecule has 1 unspecified atom stereocenters. The van der Waals surface area contributed by atoms with Gasteiger partial charge in [0.15, 0.2) is 6.10 Å². The van der Waals surface area contributed by atoms with Gasteiger partial charge in [0.25, 0.3) is 0 Å². The van der Waals surface area contributed by atoms with Crippen LogP contribution in [-0.2, 0) is 9.53 Å². The molecular formula is C21H20Cl2N2O3. The molecule has 3 rings (SSSR count). The van der Waals surface area contributed by atoms with Gasteiger partial charge in [-0.25, -0.2) is 9.78 Å². The van der Waals surface area contributed by atoms with E-state index in [1.54, 1.807) is 32.0 Å². The Morgan fingerprint density at radius 2 is 1.86 bits per heavy atom. The SMILES string of the molecule is CCOC(=O)C(C)Oc1ccc(N(C)c2cc3ccc(Cl)cc3c(Cl)n2)cc1.